The van der Waals surface area contributed by atoms with Crippen LogP contribution in [0.5, 0.6) is 0 Å². The molecule has 0 spiro atoms. The summed E-state index contributed by atoms with van der Waals surface area (Å²) in [5.41, 5.74) is 2.32. The second-order valence-corrected chi connectivity index (χ2v) is 6.61. The molecule has 0 atom stereocenters. The Balaban J connectivity index is 1.58. The van der Waals surface area contributed by atoms with Crippen molar-refractivity contribution in [3.8, 4) is 0 Å². The van der Waals surface area contributed by atoms with E-state index in [1.807, 2.05) is 18.2 Å². The lowest BCUT2D eigenvalue weighted by molar-refractivity contribution is 0.181. The van der Waals surface area contributed by atoms with Gasteiger partial charge in [0, 0.05) is 30.2 Å². The first-order valence-electron chi connectivity index (χ1n) is 7.89. The van der Waals surface area contributed by atoms with Crippen molar-refractivity contribution in [1.82, 2.24) is 19.6 Å². The van der Waals surface area contributed by atoms with Crippen molar-refractivity contribution in [3.05, 3.63) is 52.9 Å². The van der Waals surface area contributed by atoms with E-state index < -0.39 is 0 Å². The highest BCUT2D eigenvalue weighted by atomic mass is 35.5. The number of nitrogens with zero attached hydrogens (tertiary/aromatic N) is 4. The van der Waals surface area contributed by atoms with Crippen molar-refractivity contribution in [1.29, 1.82) is 0 Å². The molecule has 1 aliphatic rings. The minimum absolute atomic E-state index is 0.169. The molecule has 1 aliphatic carbocycles. The first-order valence-corrected chi connectivity index (χ1v) is 8.26. The van der Waals surface area contributed by atoms with Crippen LogP contribution in [0.1, 0.15) is 24.1 Å². The smallest absolute Gasteiger partial charge is 0.254 e. The van der Waals surface area contributed by atoms with Crippen molar-refractivity contribution >= 4 is 23.2 Å². The van der Waals surface area contributed by atoms with E-state index >= 15 is 0 Å². The van der Waals surface area contributed by atoms with Gasteiger partial charge in [-0.05, 0) is 30.5 Å². The monoisotopic (exact) mass is 343 g/mol. The van der Waals surface area contributed by atoms with Gasteiger partial charge in [-0.25, -0.2) is 4.98 Å². The third-order valence-electron chi connectivity index (χ3n) is 4.52. The van der Waals surface area contributed by atoms with Crippen LogP contribution in [-0.4, -0.2) is 33.2 Å². The summed E-state index contributed by atoms with van der Waals surface area (Å²) >= 11 is 6.00. The average Bonchev–Trinajstić information content (AvgIpc) is 3.22. The van der Waals surface area contributed by atoms with Crippen molar-refractivity contribution in [2.24, 2.45) is 0 Å². The summed E-state index contributed by atoms with van der Waals surface area (Å²) in [4.78, 5) is 8.60. The number of hydrogen-bond donors (Lipinski definition) is 1. The normalized spacial score (nSPS) is 15.6. The van der Waals surface area contributed by atoms with Crippen LogP contribution in [0.25, 0.3) is 5.78 Å². The molecule has 24 heavy (non-hydrogen) atoms. The predicted molar refractivity (Wildman–Crippen MR) is 92.3 cm³/mol. The molecule has 0 unspecified atom stereocenters. The highest BCUT2D eigenvalue weighted by Gasteiger charge is 2.44. The Kier molecular flexibility index (Phi) is 3.86. The maximum absolute atomic E-state index is 6.00. The van der Waals surface area contributed by atoms with Crippen LogP contribution in [0.2, 0.25) is 5.02 Å². The molecular formula is C17H18ClN5O. The maximum Gasteiger partial charge on any atom is 0.254 e. The number of rotatable bonds is 6. The summed E-state index contributed by atoms with van der Waals surface area (Å²) in [6, 6.07) is 10.1. The molecule has 6 nitrogen and oxygen atoms in total. The van der Waals surface area contributed by atoms with Gasteiger partial charge >= 0.3 is 0 Å². The molecule has 2 aromatic heterocycles. The molecule has 1 aromatic carbocycles. The average molecular weight is 344 g/mol. The standard InChI is InChI=1S/C17H18ClN5O/c1-24-9-14-8-15(23-16(22-14)20-11-21-23)19-10-17(6-7-17)12-2-4-13(18)5-3-12/h2-5,8,11,19H,6-7,9-10H2,1H3. The van der Waals surface area contributed by atoms with E-state index in [0.29, 0.717) is 12.4 Å². The molecule has 1 fully saturated rings. The number of hydrogen-bond acceptors (Lipinski definition) is 5. The van der Waals surface area contributed by atoms with E-state index in [1.165, 1.54) is 11.9 Å². The van der Waals surface area contributed by atoms with Gasteiger partial charge in [0.05, 0.1) is 12.3 Å². The van der Waals surface area contributed by atoms with E-state index in [9.17, 15) is 0 Å². The highest BCUT2D eigenvalue weighted by molar-refractivity contribution is 6.30. The fraction of sp³-hybridized carbons (Fsp3) is 0.353. The van der Waals surface area contributed by atoms with Crippen LogP contribution >= 0.6 is 11.6 Å². The van der Waals surface area contributed by atoms with E-state index in [0.717, 1.165) is 35.9 Å². The van der Waals surface area contributed by atoms with Crippen LogP contribution in [0, 0.1) is 0 Å². The second kappa shape index (κ2) is 6.03. The van der Waals surface area contributed by atoms with Gasteiger partial charge in [0.25, 0.3) is 5.78 Å². The van der Waals surface area contributed by atoms with Crippen molar-refractivity contribution in [3.63, 3.8) is 0 Å². The lowest BCUT2D eigenvalue weighted by atomic mass is 9.96. The second-order valence-electron chi connectivity index (χ2n) is 6.18. The molecule has 1 N–H and O–H groups in total. The Labute approximate surface area is 144 Å². The number of ether oxygens (including phenoxy) is 1. The quantitative estimate of drug-likeness (QED) is 0.745. The highest BCUT2D eigenvalue weighted by Crippen LogP contribution is 2.48. The van der Waals surface area contributed by atoms with Crippen LogP contribution < -0.4 is 5.32 Å². The number of fused-ring (bicyclic) bond motifs is 1. The summed E-state index contributed by atoms with van der Waals surface area (Å²) in [7, 11) is 1.66. The summed E-state index contributed by atoms with van der Waals surface area (Å²) < 4.78 is 6.91. The van der Waals surface area contributed by atoms with Crippen LogP contribution in [-0.2, 0) is 16.8 Å². The minimum atomic E-state index is 0.169. The Morgan fingerprint density at radius 3 is 2.79 bits per heavy atom. The molecule has 0 bridgehead atoms. The summed E-state index contributed by atoms with van der Waals surface area (Å²) in [6.45, 7) is 1.28. The van der Waals surface area contributed by atoms with Crippen LogP contribution in [0.4, 0.5) is 5.82 Å². The molecule has 0 radical (unpaired) electrons. The first kappa shape index (κ1) is 15.4. The number of nitrogens with one attached hydrogen (secondary N) is 1. The van der Waals surface area contributed by atoms with Gasteiger partial charge < -0.3 is 10.1 Å². The molecule has 124 valence electrons. The SMILES string of the molecule is COCc1cc(NCC2(c3ccc(Cl)cc3)CC2)n2ncnc2n1. The van der Waals surface area contributed by atoms with E-state index in [-0.39, 0.29) is 5.41 Å². The number of anilines is 1. The molecule has 7 heteroatoms. The Hall–Kier alpha value is -2.18. The number of aromatic nitrogens is 4. The molecule has 1 saturated carbocycles. The van der Waals surface area contributed by atoms with Crippen molar-refractivity contribution in [2.45, 2.75) is 24.9 Å². The summed E-state index contributed by atoms with van der Waals surface area (Å²) in [5, 5.41) is 8.54. The van der Waals surface area contributed by atoms with Crippen LogP contribution in [0.15, 0.2) is 36.7 Å². The van der Waals surface area contributed by atoms with E-state index in [1.54, 1.807) is 11.6 Å². The fourth-order valence-electron chi connectivity index (χ4n) is 2.99. The van der Waals surface area contributed by atoms with Crippen LogP contribution in [0.3, 0.4) is 0 Å². The van der Waals surface area contributed by atoms with Crippen molar-refractivity contribution < 1.29 is 4.74 Å². The molecular weight excluding hydrogens is 326 g/mol. The van der Waals surface area contributed by atoms with Gasteiger partial charge in [-0.1, -0.05) is 23.7 Å². The topological polar surface area (TPSA) is 64.3 Å². The first-order chi connectivity index (χ1) is 11.7. The lowest BCUT2D eigenvalue weighted by Crippen LogP contribution is -2.21. The lowest BCUT2D eigenvalue weighted by Gasteiger charge is -2.18. The zero-order valence-electron chi connectivity index (χ0n) is 13.4. The molecule has 2 heterocycles. The molecule has 0 amide bonds. The zero-order valence-corrected chi connectivity index (χ0v) is 14.1. The molecule has 4 rings (SSSR count). The van der Waals surface area contributed by atoms with E-state index in [4.69, 9.17) is 16.3 Å². The van der Waals surface area contributed by atoms with Gasteiger partial charge in [0.2, 0.25) is 0 Å². The largest absolute Gasteiger partial charge is 0.378 e. The Morgan fingerprint density at radius 2 is 2.08 bits per heavy atom. The van der Waals surface area contributed by atoms with Gasteiger partial charge in [0.1, 0.15) is 12.1 Å². The molecule has 3 aromatic rings. The third-order valence-corrected chi connectivity index (χ3v) is 4.77. The fourth-order valence-corrected chi connectivity index (χ4v) is 3.12. The zero-order chi connectivity index (χ0) is 16.6. The minimum Gasteiger partial charge on any atom is -0.378 e. The Morgan fingerprint density at radius 1 is 1.29 bits per heavy atom. The Bertz CT molecular complexity index is 857. The van der Waals surface area contributed by atoms with Gasteiger partial charge in [-0.3, -0.25) is 0 Å². The summed E-state index contributed by atoms with van der Waals surface area (Å²) in [6.07, 6.45) is 3.84. The van der Waals surface area contributed by atoms with Gasteiger partial charge in [-0.2, -0.15) is 14.6 Å². The number of methoxy groups -OCH3 is 1. The third kappa shape index (κ3) is 2.83. The number of halogens is 1. The summed E-state index contributed by atoms with van der Waals surface area (Å²) in [5.74, 6) is 1.45. The van der Waals surface area contributed by atoms with Crippen molar-refractivity contribution in [2.75, 3.05) is 19.0 Å². The number of benzene rings is 1. The van der Waals surface area contributed by atoms with E-state index in [2.05, 4.69) is 32.5 Å². The van der Waals surface area contributed by atoms with Gasteiger partial charge in [0.15, 0.2) is 0 Å². The maximum atomic E-state index is 6.00. The molecule has 0 aliphatic heterocycles. The molecule has 0 saturated heterocycles. The predicted octanol–water partition coefficient (Wildman–Crippen LogP) is 3.07. The van der Waals surface area contributed by atoms with Gasteiger partial charge in [-0.15, -0.1) is 0 Å².